The molecule has 6 rings (SSSR count). The average molecular weight is 480 g/mol. The topological polar surface area (TPSA) is 48.3 Å². The van der Waals surface area contributed by atoms with E-state index in [0.29, 0.717) is 37.0 Å². The number of benzene rings is 2. The van der Waals surface area contributed by atoms with E-state index >= 15 is 0 Å². The van der Waals surface area contributed by atoms with E-state index in [1.165, 1.54) is 5.56 Å². The Morgan fingerprint density at radius 3 is 2.39 bits per heavy atom. The van der Waals surface area contributed by atoms with E-state index in [9.17, 15) is 9.59 Å². The van der Waals surface area contributed by atoms with Crippen molar-refractivity contribution in [1.82, 2.24) is 4.57 Å². The van der Waals surface area contributed by atoms with Gasteiger partial charge in [0, 0.05) is 53.6 Å². The predicted octanol–water partition coefficient (Wildman–Crippen LogP) is 7.09. The van der Waals surface area contributed by atoms with Crippen molar-refractivity contribution in [1.29, 1.82) is 0 Å². The van der Waals surface area contributed by atoms with Crippen LogP contribution in [0.5, 0.6) is 0 Å². The fraction of sp³-hybridized carbons (Fsp3) is 0.375. The number of nitrogens with zero attached hydrogens (tertiary/aromatic N) is 1. The van der Waals surface area contributed by atoms with Gasteiger partial charge in [-0.05, 0) is 34.9 Å². The molecule has 2 heterocycles. The molecule has 3 aromatic rings. The maximum Gasteiger partial charge on any atom is 0.163 e. The highest BCUT2D eigenvalue weighted by Crippen LogP contribution is 2.55. The van der Waals surface area contributed by atoms with Crippen LogP contribution in [0.15, 0.2) is 83.3 Å². The van der Waals surface area contributed by atoms with Gasteiger partial charge in [-0.3, -0.25) is 9.59 Å². The molecule has 4 nitrogen and oxygen atoms in total. The number of aromatic nitrogens is 1. The van der Waals surface area contributed by atoms with E-state index in [4.69, 9.17) is 4.74 Å². The second-order valence-corrected chi connectivity index (χ2v) is 12.1. The van der Waals surface area contributed by atoms with Crippen molar-refractivity contribution in [3.05, 3.63) is 94.6 Å². The normalized spacial score (nSPS) is 22.9. The van der Waals surface area contributed by atoms with E-state index in [1.807, 2.05) is 12.1 Å². The van der Waals surface area contributed by atoms with Gasteiger partial charge in [0.15, 0.2) is 11.6 Å². The minimum atomic E-state index is -0.407. The highest BCUT2D eigenvalue weighted by atomic mass is 16.5. The Morgan fingerprint density at radius 1 is 0.889 bits per heavy atom. The zero-order valence-corrected chi connectivity index (χ0v) is 21.6. The molecule has 4 heteroatoms. The maximum atomic E-state index is 13.8. The summed E-state index contributed by atoms with van der Waals surface area (Å²) in [5.74, 6) is 1.33. The molecule has 0 amide bonds. The third kappa shape index (κ3) is 3.66. The van der Waals surface area contributed by atoms with Crippen LogP contribution in [0.25, 0.3) is 10.9 Å². The van der Waals surface area contributed by atoms with Gasteiger partial charge >= 0.3 is 0 Å². The molecule has 0 N–H and O–H groups in total. The molecule has 0 fully saturated rings. The van der Waals surface area contributed by atoms with E-state index in [2.05, 4.69) is 80.8 Å². The molecule has 2 aliphatic carbocycles. The molecular weight excluding hydrogens is 446 g/mol. The van der Waals surface area contributed by atoms with Crippen molar-refractivity contribution in [2.24, 2.45) is 10.8 Å². The van der Waals surface area contributed by atoms with Crippen LogP contribution in [0.2, 0.25) is 0 Å². The van der Waals surface area contributed by atoms with Gasteiger partial charge in [-0.1, -0.05) is 76.2 Å². The zero-order chi connectivity index (χ0) is 25.2. The number of Topliss-reactive ketones (excluding diaryl/α,β-unsaturated/α-hetero) is 2. The van der Waals surface area contributed by atoms with Crippen LogP contribution in [0, 0.1) is 10.8 Å². The first-order chi connectivity index (χ1) is 17.1. The molecule has 1 atom stereocenters. The Morgan fingerprint density at radius 2 is 1.61 bits per heavy atom. The summed E-state index contributed by atoms with van der Waals surface area (Å²) in [5, 5.41) is 1.12. The summed E-state index contributed by atoms with van der Waals surface area (Å²) in [6, 6.07) is 20.9. The van der Waals surface area contributed by atoms with E-state index in [0.717, 1.165) is 34.5 Å². The second-order valence-electron chi connectivity index (χ2n) is 12.1. The minimum absolute atomic E-state index is 0.102. The summed E-state index contributed by atoms with van der Waals surface area (Å²) in [6.45, 7) is 9.24. The molecule has 184 valence electrons. The Balaban J connectivity index is 1.63. The first-order valence-corrected chi connectivity index (χ1v) is 13.0. The lowest BCUT2D eigenvalue weighted by Gasteiger charge is -2.44. The molecule has 0 saturated carbocycles. The van der Waals surface area contributed by atoms with Crippen LogP contribution in [0.3, 0.4) is 0 Å². The number of rotatable bonds is 3. The lowest BCUT2D eigenvalue weighted by molar-refractivity contribution is -0.120. The zero-order valence-electron chi connectivity index (χ0n) is 21.6. The molecule has 1 aromatic heterocycles. The molecule has 0 saturated heterocycles. The Hall–Kier alpha value is -3.40. The molecule has 2 aromatic carbocycles. The monoisotopic (exact) mass is 479 g/mol. The van der Waals surface area contributed by atoms with E-state index < -0.39 is 5.92 Å². The Labute approximate surface area is 212 Å². The van der Waals surface area contributed by atoms with Crippen LogP contribution in [0.4, 0.5) is 0 Å². The summed E-state index contributed by atoms with van der Waals surface area (Å²) in [6.07, 6.45) is 2.40. The van der Waals surface area contributed by atoms with Crippen molar-refractivity contribution in [2.75, 3.05) is 0 Å². The third-order valence-corrected chi connectivity index (χ3v) is 8.14. The van der Waals surface area contributed by atoms with Crippen LogP contribution in [-0.2, 0) is 20.9 Å². The number of carbonyl (C=O) groups is 2. The average Bonchev–Trinajstić information content (AvgIpc) is 3.18. The number of hydrogen-bond acceptors (Lipinski definition) is 3. The van der Waals surface area contributed by atoms with Gasteiger partial charge in [0.25, 0.3) is 0 Å². The standard InChI is InChI=1S/C32H33NO3/c1-31(2)17-25(35)28-26(18-31)36-30-29(24(34)14-15-32(30,3)4)27(28)23-16-21-12-8-9-13-22(21)33(23)19-20-10-6-5-7-11-20/h5-13,16,27H,14-15,17-19H2,1-4H3. The summed E-state index contributed by atoms with van der Waals surface area (Å²) in [5.41, 5.74) is 4.24. The number of ether oxygens (including phenoxy) is 1. The SMILES string of the molecule is CC1(C)CC(=O)C2=C(C1)OC1=C(C(=O)CCC1(C)C)C2c1cc2ccccc2n1Cc1ccccc1. The second kappa shape index (κ2) is 8.06. The largest absolute Gasteiger partial charge is 0.465 e. The predicted molar refractivity (Wildman–Crippen MR) is 141 cm³/mol. The Kier molecular flexibility index (Phi) is 5.15. The summed E-state index contributed by atoms with van der Waals surface area (Å²) in [7, 11) is 0. The number of fused-ring (bicyclic) bond motifs is 1. The van der Waals surface area contributed by atoms with Gasteiger partial charge in [0.2, 0.25) is 0 Å². The lowest BCUT2D eigenvalue weighted by Crippen LogP contribution is -2.39. The lowest BCUT2D eigenvalue weighted by atomic mass is 9.66. The quantitative estimate of drug-likeness (QED) is 0.403. The van der Waals surface area contributed by atoms with Crippen LogP contribution < -0.4 is 0 Å². The van der Waals surface area contributed by atoms with Crippen molar-refractivity contribution in [3.63, 3.8) is 0 Å². The van der Waals surface area contributed by atoms with Crippen LogP contribution >= 0.6 is 0 Å². The number of ketones is 2. The number of allylic oxidation sites excluding steroid dienone is 4. The minimum Gasteiger partial charge on any atom is -0.465 e. The summed E-state index contributed by atoms with van der Waals surface area (Å²) >= 11 is 0. The number of para-hydroxylation sites is 1. The highest BCUT2D eigenvalue weighted by Gasteiger charge is 2.50. The molecule has 1 unspecified atom stereocenters. The van der Waals surface area contributed by atoms with Crippen molar-refractivity contribution >= 4 is 22.5 Å². The number of hydrogen-bond donors (Lipinski definition) is 0. The molecule has 0 bridgehead atoms. The number of carbonyl (C=O) groups excluding carboxylic acids is 2. The van der Waals surface area contributed by atoms with Gasteiger partial charge in [-0.25, -0.2) is 0 Å². The molecule has 0 radical (unpaired) electrons. The molecule has 3 aliphatic rings. The van der Waals surface area contributed by atoms with Gasteiger partial charge < -0.3 is 9.30 Å². The van der Waals surface area contributed by atoms with Gasteiger partial charge in [-0.2, -0.15) is 0 Å². The smallest absolute Gasteiger partial charge is 0.163 e. The molecule has 1 aliphatic heterocycles. The van der Waals surface area contributed by atoms with Gasteiger partial charge in [0.05, 0.1) is 5.92 Å². The molecule has 0 spiro atoms. The van der Waals surface area contributed by atoms with Crippen LogP contribution in [0.1, 0.15) is 70.6 Å². The van der Waals surface area contributed by atoms with E-state index in [-0.39, 0.29) is 22.4 Å². The summed E-state index contributed by atoms with van der Waals surface area (Å²) < 4.78 is 8.88. The highest BCUT2D eigenvalue weighted by molar-refractivity contribution is 6.06. The maximum absolute atomic E-state index is 13.8. The molecule has 36 heavy (non-hydrogen) atoms. The van der Waals surface area contributed by atoms with E-state index in [1.54, 1.807) is 0 Å². The van der Waals surface area contributed by atoms with Crippen molar-refractivity contribution in [2.45, 2.75) is 65.8 Å². The first-order valence-electron chi connectivity index (χ1n) is 13.0. The molecular formula is C32H33NO3. The fourth-order valence-electron chi connectivity index (χ4n) is 6.32. The van der Waals surface area contributed by atoms with Crippen LogP contribution in [-0.4, -0.2) is 16.1 Å². The third-order valence-electron chi connectivity index (χ3n) is 8.14. The Bertz CT molecular complexity index is 1470. The van der Waals surface area contributed by atoms with Gasteiger partial charge in [0.1, 0.15) is 11.5 Å². The fourth-order valence-corrected chi connectivity index (χ4v) is 6.32. The van der Waals surface area contributed by atoms with Gasteiger partial charge in [-0.15, -0.1) is 0 Å². The first kappa shape index (κ1) is 23.0. The summed E-state index contributed by atoms with van der Waals surface area (Å²) in [4.78, 5) is 27.4. The van der Waals surface area contributed by atoms with Crippen molar-refractivity contribution < 1.29 is 14.3 Å². The van der Waals surface area contributed by atoms with Crippen molar-refractivity contribution in [3.8, 4) is 0 Å².